The number of rotatable bonds is 1. The van der Waals surface area contributed by atoms with Gasteiger partial charge in [-0.2, -0.15) is 0 Å². The van der Waals surface area contributed by atoms with Crippen molar-refractivity contribution in [2.45, 2.75) is 13.8 Å². The van der Waals surface area contributed by atoms with Gasteiger partial charge >= 0.3 is 5.97 Å². The van der Waals surface area contributed by atoms with Crippen molar-refractivity contribution in [1.82, 2.24) is 4.57 Å². The van der Waals surface area contributed by atoms with Crippen LogP contribution in [0.4, 0.5) is 0 Å². The molecule has 0 amide bonds. The van der Waals surface area contributed by atoms with Crippen LogP contribution in [0.15, 0.2) is 21.5 Å². The van der Waals surface area contributed by atoms with E-state index in [0.29, 0.717) is 9.58 Å². The van der Waals surface area contributed by atoms with Crippen molar-refractivity contribution in [3.63, 3.8) is 0 Å². The molecular formula is C13H18BrNO4S. The third-order valence-electron chi connectivity index (χ3n) is 2.20. The minimum Gasteiger partial charge on any atom is -0.465 e. The number of esters is 1. The third-order valence-corrected chi connectivity index (χ3v) is 3.93. The Kier molecular flexibility index (Phi) is 8.36. The number of carbonyl (C=O) groups excluding carboxylic acids is 1. The summed E-state index contributed by atoms with van der Waals surface area (Å²) in [6, 6.07) is 1.66. The van der Waals surface area contributed by atoms with E-state index in [9.17, 15) is 9.59 Å². The van der Waals surface area contributed by atoms with Gasteiger partial charge in [-0.1, -0.05) is 13.8 Å². The van der Waals surface area contributed by atoms with E-state index in [2.05, 4.69) is 20.7 Å². The van der Waals surface area contributed by atoms with Crippen molar-refractivity contribution in [2.24, 2.45) is 7.05 Å². The van der Waals surface area contributed by atoms with Crippen molar-refractivity contribution in [3.05, 3.63) is 32.0 Å². The molecule has 0 aliphatic carbocycles. The van der Waals surface area contributed by atoms with Crippen molar-refractivity contribution in [1.29, 1.82) is 0 Å². The standard InChI is InChI=1S/C10H8BrNO3S.C2H6.CH4O/c1-12-4-6(11)5-3-7(10(14)15-2)16-8(5)9(12)13;2*1-2/h3-4H,1-2H3;1-2H3;2H,1H3. The minimum absolute atomic E-state index is 0.113. The molecule has 0 spiro atoms. The van der Waals surface area contributed by atoms with E-state index in [1.54, 1.807) is 19.3 Å². The molecule has 0 saturated heterocycles. The highest BCUT2D eigenvalue weighted by atomic mass is 79.9. The Morgan fingerprint density at radius 1 is 1.40 bits per heavy atom. The first-order valence-electron chi connectivity index (χ1n) is 5.86. The first-order chi connectivity index (χ1) is 9.54. The molecule has 20 heavy (non-hydrogen) atoms. The van der Waals surface area contributed by atoms with Crippen LogP contribution in [-0.2, 0) is 11.8 Å². The average Bonchev–Trinajstić information content (AvgIpc) is 2.94. The van der Waals surface area contributed by atoms with Crippen molar-refractivity contribution >= 4 is 43.3 Å². The number of carbonyl (C=O) groups is 1. The Morgan fingerprint density at radius 2 is 1.95 bits per heavy atom. The summed E-state index contributed by atoms with van der Waals surface area (Å²) < 4.78 is 7.44. The molecule has 0 unspecified atom stereocenters. The Balaban J connectivity index is 0.000000829. The molecule has 0 fully saturated rings. The Morgan fingerprint density at radius 3 is 2.45 bits per heavy atom. The summed E-state index contributed by atoms with van der Waals surface area (Å²) in [5.74, 6) is -0.421. The normalized spacial score (nSPS) is 9.15. The summed E-state index contributed by atoms with van der Waals surface area (Å²) in [7, 11) is 3.99. The number of fused-ring (bicyclic) bond motifs is 1. The van der Waals surface area contributed by atoms with E-state index in [0.717, 1.165) is 28.3 Å². The van der Waals surface area contributed by atoms with Crippen LogP contribution < -0.4 is 5.56 Å². The van der Waals surface area contributed by atoms with Gasteiger partial charge in [-0.3, -0.25) is 4.79 Å². The maximum atomic E-state index is 11.8. The number of pyridine rings is 1. The fourth-order valence-corrected chi connectivity index (χ4v) is 3.21. The molecule has 0 radical (unpaired) electrons. The van der Waals surface area contributed by atoms with Gasteiger partial charge in [0.05, 0.1) is 7.11 Å². The van der Waals surface area contributed by atoms with E-state index < -0.39 is 5.97 Å². The lowest BCUT2D eigenvalue weighted by molar-refractivity contribution is 0.0606. The number of nitrogens with zero attached hydrogens (tertiary/aromatic N) is 1. The monoisotopic (exact) mass is 363 g/mol. The first-order valence-corrected chi connectivity index (χ1v) is 7.47. The Labute approximate surface area is 129 Å². The number of methoxy groups -OCH3 is 1. The van der Waals surface area contributed by atoms with Gasteiger partial charge < -0.3 is 14.4 Å². The number of aryl methyl sites for hydroxylation is 1. The van der Waals surface area contributed by atoms with Gasteiger partial charge in [0.1, 0.15) is 9.58 Å². The zero-order chi connectivity index (χ0) is 15.9. The smallest absolute Gasteiger partial charge is 0.348 e. The summed E-state index contributed by atoms with van der Waals surface area (Å²) in [6.45, 7) is 4.00. The van der Waals surface area contributed by atoms with E-state index in [1.165, 1.54) is 11.7 Å². The number of halogens is 1. The van der Waals surface area contributed by atoms with Gasteiger partial charge in [-0.25, -0.2) is 4.79 Å². The topological polar surface area (TPSA) is 68.5 Å². The maximum Gasteiger partial charge on any atom is 0.348 e. The molecule has 2 aromatic rings. The van der Waals surface area contributed by atoms with Crippen LogP contribution >= 0.6 is 27.3 Å². The Bertz CT molecular complexity index is 633. The number of ether oxygens (including phenoxy) is 1. The fourth-order valence-electron chi connectivity index (χ4n) is 1.39. The first kappa shape index (κ1) is 18.8. The molecule has 1 N–H and O–H groups in total. The maximum absolute atomic E-state index is 11.8. The van der Waals surface area contributed by atoms with Crippen LogP contribution in [0.5, 0.6) is 0 Å². The van der Waals surface area contributed by atoms with Crippen LogP contribution in [-0.4, -0.2) is 29.9 Å². The Hall–Kier alpha value is -1.18. The summed E-state index contributed by atoms with van der Waals surface area (Å²) in [5.41, 5.74) is -0.113. The largest absolute Gasteiger partial charge is 0.465 e. The number of hydrogen-bond acceptors (Lipinski definition) is 5. The quantitative estimate of drug-likeness (QED) is 0.790. The second-order valence-electron chi connectivity index (χ2n) is 3.24. The molecule has 0 aliphatic heterocycles. The highest BCUT2D eigenvalue weighted by molar-refractivity contribution is 9.10. The number of aliphatic hydroxyl groups excluding tert-OH is 1. The fraction of sp³-hybridized carbons (Fsp3) is 0.385. The molecule has 0 bridgehead atoms. The molecule has 0 atom stereocenters. The van der Waals surface area contributed by atoms with Crippen LogP contribution in [0.1, 0.15) is 23.5 Å². The molecule has 0 aromatic carbocycles. The van der Waals surface area contributed by atoms with E-state index in [4.69, 9.17) is 5.11 Å². The summed E-state index contributed by atoms with van der Waals surface area (Å²) >= 11 is 4.51. The van der Waals surface area contributed by atoms with Gasteiger partial charge in [-0.15, -0.1) is 11.3 Å². The number of aromatic nitrogens is 1. The molecule has 0 saturated carbocycles. The van der Waals surface area contributed by atoms with Crippen molar-refractivity contribution in [3.8, 4) is 0 Å². The van der Waals surface area contributed by atoms with Gasteiger partial charge in [0.25, 0.3) is 5.56 Å². The highest BCUT2D eigenvalue weighted by Gasteiger charge is 2.14. The summed E-state index contributed by atoms with van der Waals surface area (Å²) in [5, 5.41) is 7.74. The summed E-state index contributed by atoms with van der Waals surface area (Å²) in [6.07, 6.45) is 1.68. The van der Waals surface area contributed by atoms with E-state index >= 15 is 0 Å². The second-order valence-corrected chi connectivity index (χ2v) is 5.14. The number of hydrogen-bond donors (Lipinski definition) is 1. The van der Waals surface area contributed by atoms with E-state index in [1.807, 2.05) is 13.8 Å². The SMILES string of the molecule is CC.CO.COC(=O)c1cc2c(Br)cn(C)c(=O)c2s1. The van der Waals surface area contributed by atoms with Crippen LogP contribution in [0.3, 0.4) is 0 Å². The predicted octanol–water partition coefficient (Wildman–Crippen LogP) is 2.78. The molecule has 112 valence electrons. The predicted molar refractivity (Wildman–Crippen MR) is 85.6 cm³/mol. The van der Waals surface area contributed by atoms with Gasteiger partial charge in [0, 0.05) is 30.2 Å². The lowest BCUT2D eigenvalue weighted by atomic mass is 10.3. The van der Waals surface area contributed by atoms with Crippen molar-refractivity contribution < 1.29 is 14.6 Å². The van der Waals surface area contributed by atoms with E-state index in [-0.39, 0.29) is 5.56 Å². The number of aliphatic hydroxyl groups is 1. The second kappa shape index (κ2) is 8.89. The lowest BCUT2D eigenvalue weighted by Gasteiger charge is -1.98. The summed E-state index contributed by atoms with van der Waals surface area (Å²) in [4.78, 5) is 23.6. The molecule has 5 nitrogen and oxygen atoms in total. The van der Waals surface area contributed by atoms with Gasteiger partial charge in [0.2, 0.25) is 0 Å². The molecular weight excluding hydrogens is 346 g/mol. The van der Waals surface area contributed by atoms with Crippen LogP contribution in [0.2, 0.25) is 0 Å². The van der Waals surface area contributed by atoms with Crippen molar-refractivity contribution in [2.75, 3.05) is 14.2 Å². The molecule has 0 aliphatic rings. The minimum atomic E-state index is -0.421. The van der Waals surface area contributed by atoms with Gasteiger partial charge in [-0.05, 0) is 22.0 Å². The zero-order valence-electron chi connectivity index (χ0n) is 12.1. The lowest BCUT2D eigenvalue weighted by Crippen LogP contribution is -2.14. The highest BCUT2D eigenvalue weighted by Crippen LogP contribution is 2.28. The zero-order valence-corrected chi connectivity index (χ0v) is 14.5. The molecule has 2 heterocycles. The molecule has 2 rings (SSSR count). The molecule has 7 heteroatoms. The number of thiophene rings is 1. The molecule has 2 aromatic heterocycles. The average molecular weight is 364 g/mol. The third kappa shape index (κ3) is 3.91. The van der Waals surface area contributed by atoms with Crippen LogP contribution in [0.25, 0.3) is 10.1 Å². The van der Waals surface area contributed by atoms with Crippen LogP contribution in [0, 0.1) is 0 Å². The van der Waals surface area contributed by atoms with Gasteiger partial charge in [0.15, 0.2) is 0 Å².